The highest BCUT2D eigenvalue weighted by Crippen LogP contribution is 2.20. The second-order valence-corrected chi connectivity index (χ2v) is 14.3. The number of aliphatic hydroxyl groups excluding tert-OH is 1. The highest BCUT2D eigenvalue weighted by Gasteiger charge is 2.34. The van der Waals surface area contributed by atoms with Crippen LogP contribution in [0.3, 0.4) is 0 Å². The minimum absolute atomic E-state index is 0.0171. The lowest BCUT2D eigenvalue weighted by molar-refractivity contribution is -0.125. The number of hydrogen-bond acceptors (Lipinski definition) is 8. The minimum Gasteiger partial charge on any atom is -0.411 e. The summed E-state index contributed by atoms with van der Waals surface area (Å²) in [5.74, 6) is -0.797. The van der Waals surface area contributed by atoms with Crippen molar-refractivity contribution >= 4 is 28.2 Å². The van der Waals surface area contributed by atoms with Crippen molar-refractivity contribution in [1.29, 1.82) is 0 Å². The monoisotopic (exact) mass is 680 g/mol. The van der Waals surface area contributed by atoms with Crippen LogP contribution in [0.1, 0.15) is 50.9 Å². The van der Waals surface area contributed by atoms with Crippen molar-refractivity contribution in [3.05, 3.63) is 95.8 Å². The predicted molar refractivity (Wildman–Crippen MR) is 185 cm³/mol. The molecule has 0 saturated heterocycles. The molecule has 0 saturated carbocycles. The van der Waals surface area contributed by atoms with Gasteiger partial charge in [0.15, 0.2) is 0 Å². The number of urea groups is 1. The summed E-state index contributed by atoms with van der Waals surface area (Å²) in [6.45, 7) is 7.62. The van der Waals surface area contributed by atoms with Crippen LogP contribution in [0.15, 0.2) is 89.0 Å². The number of hydrogen-bond donors (Lipinski definition) is 4. The topological polar surface area (TPSA) is 165 Å². The molecule has 0 aliphatic carbocycles. The highest BCUT2D eigenvalue weighted by molar-refractivity contribution is 7.89. The largest absolute Gasteiger partial charge is 0.411 e. The summed E-state index contributed by atoms with van der Waals surface area (Å²) in [4.78, 5) is 32.8. The van der Waals surface area contributed by atoms with Gasteiger partial charge in [-0.1, -0.05) is 87.8 Å². The standard InChI is InChI=1S/C35H48N6O6S/c1-6-26(4)33(39-35(44)40(5)23-29-14-10-11-19-36-29)34(43)38-31(20-27-12-8-7-9-13-27)32(42)24-41(22-25(2)3)48(46,47)30-17-15-28(16-18-30)21-37-45/h7-19,21,25-26,31-33,42,45H,6,20,22-24H2,1-5H3,(H,38,43)(H,39,44)/t26-,31-,32+,33-/m0/s1. The van der Waals surface area contributed by atoms with Crippen molar-refractivity contribution in [3.63, 3.8) is 0 Å². The first kappa shape index (κ1) is 38.1. The van der Waals surface area contributed by atoms with E-state index in [1.165, 1.54) is 39.7 Å². The predicted octanol–water partition coefficient (Wildman–Crippen LogP) is 3.88. The smallest absolute Gasteiger partial charge is 0.318 e. The number of carbonyl (C=O) groups is 2. The van der Waals surface area contributed by atoms with Crippen molar-refractivity contribution in [2.45, 2.75) is 70.2 Å². The van der Waals surface area contributed by atoms with E-state index in [1.807, 2.05) is 70.2 Å². The molecule has 0 unspecified atom stereocenters. The molecule has 13 heteroatoms. The Morgan fingerprint density at radius 3 is 2.21 bits per heavy atom. The fraction of sp³-hybridized carbons (Fsp3) is 0.429. The molecule has 4 atom stereocenters. The fourth-order valence-corrected chi connectivity index (χ4v) is 6.75. The number of nitrogens with one attached hydrogen (secondary N) is 2. The van der Waals surface area contributed by atoms with E-state index in [0.717, 1.165) is 5.56 Å². The Balaban J connectivity index is 1.86. The van der Waals surface area contributed by atoms with Gasteiger partial charge in [-0.15, -0.1) is 0 Å². The maximum Gasteiger partial charge on any atom is 0.318 e. The lowest BCUT2D eigenvalue weighted by Gasteiger charge is -2.33. The van der Waals surface area contributed by atoms with Crippen molar-refractivity contribution in [2.75, 3.05) is 20.1 Å². The van der Waals surface area contributed by atoms with Crippen molar-refractivity contribution in [2.24, 2.45) is 17.0 Å². The summed E-state index contributed by atoms with van der Waals surface area (Å²) >= 11 is 0. The molecule has 3 amide bonds. The van der Waals surface area contributed by atoms with E-state index in [4.69, 9.17) is 5.21 Å². The van der Waals surface area contributed by atoms with Crippen LogP contribution in [0, 0.1) is 11.8 Å². The molecule has 260 valence electrons. The number of benzene rings is 2. The first-order chi connectivity index (χ1) is 22.8. The third kappa shape index (κ3) is 11.1. The van der Waals surface area contributed by atoms with Gasteiger partial charge in [-0.05, 0) is 53.6 Å². The summed E-state index contributed by atoms with van der Waals surface area (Å²) in [5.41, 5.74) is 2.05. The van der Waals surface area contributed by atoms with E-state index in [9.17, 15) is 23.1 Å². The number of oxime groups is 1. The van der Waals surface area contributed by atoms with E-state index in [-0.39, 0.29) is 42.8 Å². The first-order valence-corrected chi connectivity index (χ1v) is 17.5. The normalized spacial score (nSPS) is 14.4. The van der Waals surface area contributed by atoms with Gasteiger partial charge in [0, 0.05) is 26.3 Å². The lowest BCUT2D eigenvalue weighted by atomic mass is 9.96. The molecule has 0 fully saturated rings. The van der Waals surface area contributed by atoms with Gasteiger partial charge in [-0.25, -0.2) is 13.2 Å². The summed E-state index contributed by atoms with van der Waals surface area (Å²) in [7, 11) is -2.44. The zero-order chi connectivity index (χ0) is 35.3. The molecule has 0 spiro atoms. The number of nitrogens with zero attached hydrogens (tertiary/aromatic N) is 4. The lowest BCUT2D eigenvalue weighted by Crippen LogP contribution is -2.58. The highest BCUT2D eigenvalue weighted by atomic mass is 32.2. The van der Waals surface area contributed by atoms with Gasteiger partial charge in [-0.3, -0.25) is 9.78 Å². The summed E-state index contributed by atoms with van der Waals surface area (Å²) in [6, 6.07) is 18.3. The van der Waals surface area contributed by atoms with Crippen LogP contribution < -0.4 is 10.6 Å². The van der Waals surface area contributed by atoms with Crippen LogP contribution in [0.2, 0.25) is 0 Å². The van der Waals surface area contributed by atoms with Crippen LogP contribution in [0.5, 0.6) is 0 Å². The summed E-state index contributed by atoms with van der Waals surface area (Å²) < 4.78 is 28.9. The van der Waals surface area contributed by atoms with Gasteiger partial charge in [0.1, 0.15) is 6.04 Å². The van der Waals surface area contributed by atoms with E-state index in [2.05, 4.69) is 20.8 Å². The van der Waals surface area contributed by atoms with Gasteiger partial charge >= 0.3 is 6.03 Å². The Hall–Kier alpha value is -4.33. The molecule has 0 aliphatic rings. The third-order valence-corrected chi connectivity index (χ3v) is 9.87. The number of sulfonamides is 1. The fourth-order valence-electron chi connectivity index (χ4n) is 5.13. The number of rotatable bonds is 17. The molecule has 3 aromatic rings. The number of amides is 3. The molecule has 4 N–H and O–H groups in total. The molecule has 2 aromatic carbocycles. The van der Waals surface area contributed by atoms with Crippen molar-refractivity contribution in [1.82, 2.24) is 24.8 Å². The van der Waals surface area contributed by atoms with Gasteiger partial charge < -0.3 is 25.8 Å². The molecule has 1 aromatic heterocycles. The van der Waals surface area contributed by atoms with Crippen LogP contribution in [0.4, 0.5) is 4.79 Å². The number of carbonyl (C=O) groups excluding carboxylic acids is 2. The molecule has 0 aliphatic heterocycles. The number of aromatic nitrogens is 1. The SMILES string of the molecule is CC[C@H](C)[C@H](NC(=O)N(C)Cc1ccccn1)C(=O)N[C@@H](Cc1ccccc1)[C@H](O)CN(CC(C)C)S(=O)(=O)c1ccc(C=NO)cc1. The van der Waals surface area contributed by atoms with Crippen LogP contribution in [0.25, 0.3) is 0 Å². The molecule has 12 nitrogen and oxygen atoms in total. The molecular weight excluding hydrogens is 632 g/mol. The van der Waals surface area contributed by atoms with E-state index in [1.54, 1.807) is 19.3 Å². The Morgan fingerprint density at radius 1 is 0.958 bits per heavy atom. The average molecular weight is 681 g/mol. The van der Waals surface area contributed by atoms with E-state index < -0.39 is 40.1 Å². The van der Waals surface area contributed by atoms with Crippen molar-refractivity contribution < 1.29 is 28.3 Å². The Kier molecular flexibility index (Phi) is 14.5. The van der Waals surface area contributed by atoms with Gasteiger partial charge in [0.05, 0.1) is 35.5 Å². The quantitative estimate of drug-likeness (QED) is 0.0955. The first-order valence-electron chi connectivity index (χ1n) is 16.1. The zero-order valence-corrected chi connectivity index (χ0v) is 29.0. The number of aliphatic hydroxyl groups is 1. The van der Waals surface area contributed by atoms with Gasteiger partial charge in [-0.2, -0.15) is 4.31 Å². The summed E-state index contributed by atoms with van der Waals surface area (Å²) in [5, 5.41) is 29.3. The average Bonchev–Trinajstić information content (AvgIpc) is 3.07. The minimum atomic E-state index is -4.06. The number of pyridine rings is 1. The second-order valence-electron chi connectivity index (χ2n) is 12.4. The molecular formula is C35H48N6O6S. The zero-order valence-electron chi connectivity index (χ0n) is 28.2. The van der Waals surface area contributed by atoms with Gasteiger partial charge in [0.2, 0.25) is 15.9 Å². The van der Waals surface area contributed by atoms with Crippen LogP contribution >= 0.6 is 0 Å². The molecule has 48 heavy (non-hydrogen) atoms. The van der Waals surface area contributed by atoms with E-state index >= 15 is 0 Å². The Morgan fingerprint density at radius 2 is 1.62 bits per heavy atom. The molecule has 3 rings (SSSR count). The maximum atomic E-state index is 13.9. The van der Waals surface area contributed by atoms with Crippen molar-refractivity contribution in [3.8, 4) is 0 Å². The molecule has 0 bridgehead atoms. The van der Waals surface area contributed by atoms with Crippen LogP contribution in [-0.2, 0) is 27.8 Å². The molecule has 0 radical (unpaired) electrons. The van der Waals surface area contributed by atoms with Crippen LogP contribution in [-0.4, -0.2) is 89.4 Å². The Labute approximate surface area is 283 Å². The van der Waals surface area contributed by atoms with E-state index in [0.29, 0.717) is 17.7 Å². The van der Waals surface area contributed by atoms with Gasteiger partial charge in [0.25, 0.3) is 0 Å². The maximum absolute atomic E-state index is 13.9. The third-order valence-electron chi connectivity index (χ3n) is 8.02. The Bertz CT molecular complexity index is 1570. The second kappa shape index (κ2) is 18.3. The summed E-state index contributed by atoms with van der Waals surface area (Å²) in [6.07, 6.45) is 2.35. The molecule has 1 heterocycles.